The van der Waals surface area contributed by atoms with E-state index in [1.165, 1.54) is 23.9 Å². The van der Waals surface area contributed by atoms with Gasteiger partial charge in [-0.2, -0.15) is 4.31 Å². The lowest BCUT2D eigenvalue weighted by molar-refractivity contribution is -0.0361. The summed E-state index contributed by atoms with van der Waals surface area (Å²) in [5.41, 5.74) is 0.297. The van der Waals surface area contributed by atoms with Crippen molar-refractivity contribution in [2.45, 2.75) is 55.4 Å². The number of nitrogens with one attached hydrogen (secondary N) is 1. The number of benzene rings is 1. The molecule has 178 valence electrons. The number of hydrogen-bond acceptors (Lipinski definition) is 6. The Labute approximate surface area is 191 Å². The van der Waals surface area contributed by atoms with Crippen LogP contribution >= 0.6 is 0 Å². The van der Waals surface area contributed by atoms with E-state index in [4.69, 9.17) is 9.47 Å². The molecule has 2 heterocycles. The molecule has 9 heteroatoms. The van der Waals surface area contributed by atoms with Gasteiger partial charge in [0.05, 0.1) is 20.3 Å². The molecule has 1 aliphatic carbocycles. The monoisotopic (exact) mass is 465 g/mol. The lowest BCUT2D eigenvalue weighted by atomic mass is 9.79. The SMILES string of the molecule is COc1ccc(C(=O)NCC2(N3CCOCC3)CCCCC2)cc1S(=O)(=O)N1CCCC1. The van der Waals surface area contributed by atoms with Crippen LogP contribution in [-0.2, 0) is 14.8 Å². The van der Waals surface area contributed by atoms with Gasteiger partial charge in [0.2, 0.25) is 10.0 Å². The number of ether oxygens (including phenoxy) is 2. The summed E-state index contributed by atoms with van der Waals surface area (Å²) in [6.07, 6.45) is 7.38. The van der Waals surface area contributed by atoms with E-state index in [9.17, 15) is 13.2 Å². The van der Waals surface area contributed by atoms with Crippen molar-refractivity contribution in [3.8, 4) is 5.75 Å². The highest BCUT2D eigenvalue weighted by molar-refractivity contribution is 7.89. The second-order valence-electron chi connectivity index (χ2n) is 9.04. The molecule has 32 heavy (non-hydrogen) atoms. The Balaban J connectivity index is 1.52. The van der Waals surface area contributed by atoms with Crippen LogP contribution in [0.2, 0.25) is 0 Å². The van der Waals surface area contributed by atoms with Crippen molar-refractivity contribution < 1.29 is 22.7 Å². The molecule has 1 amide bonds. The molecule has 0 spiro atoms. The van der Waals surface area contributed by atoms with Crippen molar-refractivity contribution in [2.75, 3.05) is 53.0 Å². The van der Waals surface area contributed by atoms with Crippen LogP contribution in [0.1, 0.15) is 55.3 Å². The zero-order valence-corrected chi connectivity index (χ0v) is 19.8. The number of morpholine rings is 1. The summed E-state index contributed by atoms with van der Waals surface area (Å²) in [4.78, 5) is 15.7. The van der Waals surface area contributed by atoms with Crippen LogP contribution in [0.25, 0.3) is 0 Å². The number of rotatable bonds is 7. The lowest BCUT2D eigenvalue weighted by Crippen LogP contribution is -2.59. The fourth-order valence-electron chi connectivity index (χ4n) is 5.29. The Morgan fingerprint density at radius 1 is 1.06 bits per heavy atom. The largest absolute Gasteiger partial charge is 0.495 e. The number of carbonyl (C=O) groups is 1. The van der Waals surface area contributed by atoms with E-state index in [0.29, 0.717) is 25.2 Å². The fraction of sp³-hybridized carbons (Fsp3) is 0.696. The highest BCUT2D eigenvalue weighted by atomic mass is 32.2. The Morgan fingerprint density at radius 3 is 2.41 bits per heavy atom. The molecule has 3 aliphatic rings. The third kappa shape index (κ3) is 4.81. The molecule has 0 radical (unpaired) electrons. The number of methoxy groups -OCH3 is 1. The Morgan fingerprint density at radius 2 is 1.75 bits per heavy atom. The predicted octanol–water partition coefficient (Wildman–Crippen LogP) is 2.24. The fourth-order valence-corrected chi connectivity index (χ4v) is 6.98. The highest BCUT2D eigenvalue weighted by Crippen LogP contribution is 2.34. The number of nitrogens with zero attached hydrogens (tertiary/aromatic N) is 2. The molecule has 4 rings (SSSR count). The zero-order valence-electron chi connectivity index (χ0n) is 19.0. The summed E-state index contributed by atoms with van der Waals surface area (Å²) < 4.78 is 38.6. The summed E-state index contributed by atoms with van der Waals surface area (Å²) >= 11 is 0. The summed E-state index contributed by atoms with van der Waals surface area (Å²) in [5, 5.41) is 3.12. The van der Waals surface area contributed by atoms with Crippen LogP contribution in [0.5, 0.6) is 5.75 Å². The van der Waals surface area contributed by atoms with Crippen LogP contribution in [0.3, 0.4) is 0 Å². The van der Waals surface area contributed by atoms with Crippen molar-refractivity contribution in [3.05, 3.63) is 23.8 Å². The molecule has 0 atom stereocenters. The first-order valence-electron chi connectivity index (χ1n) is 11.8. The van der Waals surface area contributed by atoms with Gasteiger partial charge < -0.3 is 14.8 Å². The minimum absolute atomic E-state index is 0.0470. The van der Waals surface area contributed by atoms with E-state index in [0.717, 1.165) is 64.8 Å². The van der Waals surface area contributed by atoms with E-state index < -0.39 is 10.0 Å². The molecule has 0 bridgehead atoms. The Hall–Kier alpha value is -1.68. The van der Waals surface area contributed by atoms with Crippen molar-refractivity contribution in [1.29, 1.82) is 0 Å². The van der Waals surface area contributed by atoms with Gasteiger partial charge in [0.15, 0.2) is 0 Å². The van der Waals surface area contributed by atoms with Gasteiger partial charge in [0.1, 0.15) is 10.6 Å². The van der Waals surface area contributed by atoms with Gasteiger partial charge in [-0.25, -0.2) is 8.42 Å². The number of amides is 1. The normalized spacial score (nSPS) is 22.5. The molecule has 2 aliphatic heterocycles. The maximum atomic E-state index is 13.1. The quantitative estimate of drug-likeness (QED) is 0.665. The highest BCUT2D eigenvalue weighted by Gasteiger charge is 2.39. The van der Waals surface area contributed by atoms with Crippen molar-refractivity contribution in [1.82, 2.24) is 14.5 Å². The van der Waals surface area contributed by atoms with Crippen LogP contribution < -0.4 is 10.1 Å². The molecule has 3 fully saturated rings. The summed E-state index contributed by atoms with van der Waals surface area (Å²) in [6.45, 7) is 4.80. The molecule has 2 saturated heterocycles. The second kappa shape index (κ2) is 10.1. The molecule has 1 aromatic carbocycles. The standard InChI is InChI=1S/C23H35N3O5S/c1-30-20-8-7-19(17-21(20)32(28,29)26-11-5-6-12-26)22(27)24-18-23(9-3-2-4-10-23)25-13-15-31-16-14-25/h7-8,17H,2-6,9-16,18H2,1H3,(H,24,27). The molecule has 1 saturated carbocycles. The van der Waals surface area contributed by atoms with Gasteiger partial charge in [-0.3, -0.25) is 9.69 Å². The average molecular weight is 466 g/mol. The first-order valence-corrected chi connectivity index (χ1v) is 13.2. The molecule has 0 aromatic heterocycles. The Bertz CT molecular complexity index is 902. The zero-order chi connectivity index (χ0) is 22.6. The van der Waals surface area contributed by atoms with Gasteiger partial charge in [-0.15, -0.1) is 0 Å². The Kier molecular flexibility index (Phi) is 7.39. The van der Waals surface area contributed by atoms with Gasteiger partial charge in [0, 0.05) is 43.8 Å². The second-order valence-corrected chi connectivity index (χ2v) is 11.0. The third-order valence-electron chi connectivity index (χ3n) is 7.15. The minimum atomic E-state index is -3.70. The van der Waals surface area contributed by atoms with Crippen LogP contribution in [-0.4, -0.2) is 82.1 Å². The molecular formula is C23H35N3O5S. The van der Waals surface area contributed by atoms with E-state index in [1.54, 1.807) is 12.1 Å². The molecule has 8 nitrogen and oxygen atoms in total. The minimum Gasteiger partial charge on any atom is -0.495 e. The van der Waals surface area contributed by atoms with Crippen molar-refractivity contribution in [2.24, 2.45) is 0 Å². The summed E-state index contributed by atoms with van der Waals surface area (Å²) in [7, 11) is -2.24. The maximum Gasteiger partial charge on any atom is 0.251 e. The summed E-state index contributed by atoms with van der Waals surface area (Å²) in [6, 6.07) is 4.68. The molecule has 1 aromatic rings. The molecule has 1 N–H and O–H groups in total. The van der Waals surface area contributed by atoms with Crippen molar-refractivity contribution in [3.63, 3.8) is 0 Å². The van der Waals surface area contributed by atoms with E-state index in [-0.39, 0.29) is 22.1 Å². The predicted molar refractivity (Wildman–Crippen MR) is 122 cm³/mol. The molecule has 0 unspecified atom stereocenters. The van der Waals surface area contributed by atoms with Gasteiger partial charge in [0.25, 0.3) is 5.91 Å². The first kappa shape index (κ1) is 23.5. The number of carbonyl (C=O) groups excluding carboxylic acids is 1. The van der Waals surface area contributed by atoms with Crippen molar-refractivity contribution >= 4 is 15.9 Å². The summed E-state index contributed by atoms with van der Waals surface area (Å²) in [5.74, 6) is 0.0225. The van der Waals surface area contributed by atoms with Gasteiger partial charge in [-0.05, 0) is 43.9 Å². The molecular weight excluding hydrogens is 430 g/mol. The lowest BCUT2D eigenvalue weighted by Gasteiger charge is -2.48. The smallest absolute Gasteiger partial charge is 0.251 e. The number of hydrogen-bond donors (Lipinski definition) is 1. The third-order valence-corrected chi connectivity index (χ3v) is 9.07. The van der Waals surface area contributed by atoms with E-state index >= 15 is 0 Å². The van der Waals surface area contributed by atoms with Crippen LogP contribution in [0, 0.1) is 0 Å². The first-order chi connectivity index (χ1) is 15.5. The van der Waals surface area contributed by atoms with Gasteiger partial charge >= 0.3 is 0 Å². The van der Waals surface area contributed by atoms with Crippen LogP contribution in [0.15, 0.2) is 23.1 Å². The van der Waals surface area contributed by atoms with Gasteiger partial charge in [-0.1, -0.05) is 19.3 Å². The number of sulfonamides is 1. The maximum absolute atomic E-state index is 13.1. The van der Waals surface area contributed by atoms with Crippen LogP contribution in [0.4, 0.5) is 0 Å². The topological polar surface area (TPSA) is 88.2 Å². The average Bonchev–Trinajstić information content (AvgIpc) is 3.39. The van der Waals surface area contributed by atoms with E-state index in [1.807, 2.05) is 0 Å². The van der Waals surface area contributed by atoms with E-state index in [2.05, 4.69) is 10.2 Å².